The van der Waals surface area contributed by atoms with E-state index < -0.39 is 26.5 Å². The number of hydrogen-bond acceptors (Lipinski definition) is 8. The van der Waals surface area contributed by atoms with Crippen molar-refractivity contribution in [3.63, 3.8) is 0 Å². The van der Waals surface area contributed by atoms with Crippen LogP contribution in [0, 0.1) is 0 Å². The molecule has 418 valence electrons. The highest BCUT2D eigenvalue weighted by Gasteiger charge is 2.22. The fourth-order valence-electron chi connectivity index (χ4n) is 8.19. The Balaban J connectivity index is 4.01. The minimum absolute atomic E-state index is 0.0304. The van der Waals surface area contributed by atoms with Crippen molar-refractivity contribution in [3.8, 4) is 0 Å². The third-order valence-electron chi connectivity index (χ3n) is 12.7. The molecule has 0 bridgehead atoms. The van der Waals surface area contributed by atoms with Crippen LogP contribution in [0.5, 0.6) is 0 Å². The van der Waals surface area contributed by atoms with Gasteiger partial charge in [0.25, 0.3) is 7.82 Å². The fraction of sp³-hybridized carbons (Fsp3) is 0.774. The predicted molar refractivity (Wildman–Crippen MR) is 305 cm³/mol. The summed E-state index contributed by atoms with van der Waals surface area (Å²) in [6.45, 7) is 4.14. The van der Waals surface area contributed by atoms with Gasteiger partial charge in [0.1, 0.15) is 19.8 Å². The number of unbranched alkanes of at least 4 members (excludes halogenated alkanes) is 28. The van der Waals surface area contributed by atoms with Crippen molar-refractivity contribution in [3.05, 3.63) is 72.9 Å². The number of nitrogens with zero attached hydrogens (tertiary/aromatic N) is 1. The van der Waals surface area contributed by atoms with E-state index in [9.17, 15) is 19.0 Å². The van der Waals surface area contributed by atoms with E-state index in [2.05, 4.69) is 86.8 Å². The highest BCUT2D eigenvalue weighted by atomic mass is 31.2. The van der Waals surface area contributed by atoms with Gasteiger partial charge >= 0.3 is 11.9 Å². The largest absolute Gasteiger partial charge is 0.756 e. The maximum atomic E-state index is 12.8. The summed E-state index contributed by atoms with van der Waals surface area (Å²) in [4.78, 5) is 37.8. The summed E-state index contributed by atoms with van der Waals surface area (Å²) in [6.07, 6.45) is 69.6. The van der Waals surface area contributed by atoms with Gasteiger partial charge in [0.05, 0.1) is 27.7 Å². The van der Waals surface area contributed by atoms with E-state index in [4.69, 9.17) is 18.5 Å². The lowest BCUT2D eigenvalue weighted by molar-refractivity contribution is -0.870. The lowest BCUT2D eigenvalue weighted by Crippen LogP contribution is -2.37. The van der Waals surface area contributed by atoms with E-state index in [-0.39, 0.29) is 32.0 Å². The Morgan fingerprint density at radius 3 is 1.18 bits per heavy atom. The second-order valence-corrected chi connectivity index (χ2v) is 22.4. The van der Waals surface area contributed by atoms with E-state index in [0.717, 1.165) is 77.0 Å². The van der Waals surface area contributed by atoms with E-state index in [1.165, 1.54) is 148 Å². The van der Waals surface area contributed by atoms with E-state index >= 15 is 0 Å². The van der Waals surface area contributed by atoms with Gasteiger partial charge in [0.15, 0.2) is 6.10 Å². The maximum Gasteiger partial charge on any atom is 0.306 e. The first-order valence-corrected chi connectivity index (χ1v) is 31.1. The van der Waals surface area contributed by atoms with Gasteiger partial charge < -0.3 is 27.9 Å². The Morgan fingerprint density at radius 2 is 0.792 bits per heavy atom. The Morgan fingerprint density at radius 1 is 0.444 bits per heavy atom. The van der Waals surface area contributed by atoms with Gasteiger partial charge in [-0.05, 0) is 64.2 Å². The molecule has 0 N–H and O–H groups in total. The molecule has 0 aromatic heterocycles. The quantitative estimate of drug-likeness (QED) is 0.0195. The number of allylic oxidation sites excluding steroid dienone is 12. The number of rotatable bonds is 54. The molecule has 0 fully saturated rings. The lowest BCUT2D eigenvalue weighted by Gasteiger charge is -2.28. The van der Waals surface area contributed by atoms with Crippen LogP contribution in [0.15, 0.2) is 72.9 Å². The normalized spacial score (nSPS) is 13.8. The first-order chi connectivity index (χ1) is 35.0. The molecule has 72 heavy (non-hydrogen) atoms. The highest BCUT2D eigenvalue weighted by molar-refractivity contribution is 7.45. The molecule has 2 unspecified atom stereocenters. The van der Waals surface area contributed by atoms with Crippen LogP contribution in [0.2, 0.25) is 0 Å². The molecule has 0 radical (unpaired) electrons. The first kappa shape index (κ1) is 69.5. The second kappa shape index (κ2) is 53.3. The Bertz CT molecular complexity index is 1450. The molecular weight excluding hydrogens is 918 g/mol. The molecule has 0 saturated carbocycles. The number of likely N-dealkylation sites (N-methyl/N-ethyl adjacent to an activating group) is 1. The van der Waals surface area contributed by atoms with Gasteiger partial charge in [-0.1, -0.05) is 254 Å². The molecule has 10 heteroatoms. The molecule has 0 aliphatic rings. The molecular formula is C62H112NO8P. The average Bonchev–Trinajstić information content (AvgIpc) is 3.34. The van der Waals surface area contributed by atoms with E-state index in [0.29, 0.717) is 17.4 Å². The lowest BCUT2D eigenvalue weighted by atomic mass is 10.0. The summed E-state index contributed by atoms with van der Waals surface area (Å²) in [7, 11) is 1.17. The van der Waals surface area contributed by atoms with Crippen LogP contribution in [0.1, 0.15) is 258 Å². The van der Waals surface area contributed by atoms with Crippen molar-refractivity contribution in [2.24, 2.45) is 0 Å². The molecule has 9 nitrogen and oxygen atoms in total. The summed E-state index contributed by atoms with van der Waals surface area (Å²) < 4.78 is 34.1. The summed E-state index contributed by atoms with van der Waals surface area (Å²) in [5.41, 5.74) is 0. The maximum absolute atomic E-state index is 12.8. The number of hydrogen-bond donors (Lipinski definition) is 0. The predicted octanol–water partition coefficient (Wildman–Crippen LogP) is 17.8. The van der Waals surface area contributed by atoms with Gasteiger partial charge in [-0.2, -0.15) is 0 Å². The zero-order valence-corrected chi connectivity index (χ0v) is 48.3. The van der Waals surface area contributed by atoms with Crippen LogP contribution in [-0.4, -0.2) is 70.0 Å². The number of ether oxygens (including phenoxy) is 2. The van der Waals surface area contributed by atoms with Crippen molar-refractivity contribution >= 4 is 19.8 Å². The fourth-order valence-corrected chi connectivity index (χ4v) is 8.92. The number of carbonyl (C=O) groups is 2. The Hall–Kier alpha value is -2.55. The summed E-state index contributed by atoms with van der Waals surface area (Å²) in [5.74, 6) is -0.825. The van der Waals surface area contributed by atoms with Gasteiger partial charge in [-0.3, -0.25) is 14.2 Å². The van der Waals surface area contributed by atoms with Crippen molar-refractivity contribution in [1.29, 1.82) is 0 Å². The molecule has 0 aromatic carbocycles. The van der Waals surface area contributed by atoms with Crippen LogP contribution in [0.4, 0.5) is 0 Å². The topological polar surface area (TPSA) is 111 Å². The summed E-state index contributed by atoms with van der Waals surface area (Å²) in [6, 6.07) is 0. The monoisotopic (exact) mass is 1030 g/mol. The standard InChI is InChI=1S/C62H112NO8P/c1-6-8-10-12-14-16-18-20-21-22-23-24-25-26-27-28-29-30-31-32-33-34-35-36-37-38-39-40-41-43-45-47-49-51-53-55-62(65)71-60(59-70-72(66,67)69-57-56-63(3,4)5)58-68-61(64)54-52-50-48-46-44-42-19-17-15-13-11-9-7-2/h8,10,14,16,20-21,23-24,26-27,29-30,60H,6-7,9,11-13,15,17-19,22,25,28,31-59H2,1-5H3/b10-8-,16-14-,21-20-,24-23-,27-26-,30-29-. The smallest absolute Gasteiger partial charge is 0.306 e. The molecule has 2 atom stereocenters. The minimum atomic E-state index is -4.63. The third kappa shape index (κ3) is 56.7. The Labute approximate surface area is 444 Å². The zero-order valence-electron chi connectivity index (χ0n) is 47.4. The second-order valence-electron chi connectivity index (χ2n) is 21.0. The number of phosphoric acid groups is 1. The number of esters is 2. The van der Waals surface area contributed by atoms with Gasteiger partial charge in [-0.25, -0.2) is 0 Å². The molecule has 0 aromatic rings. The molecule has 0 amide bonds. The van der Waals surface area contributed by atoms with Crippen LogP contribution >= 0.6 is 7.82 Å². The van der Waals surface area contributed by atoms with Crippen LogP contribution in [0.3, 0.4) is 0 Å². The molecule has 0 rings (SSSR count). The van der Waals surface area contributed by atoms with Crippen molar-refractivity contribution in [2.45, 2.75) is 264 Å². The molecule has 0 heterocycles. The zero-order chi connectivity index (χ0) is 52.7. The van der Waals surface area contributed by atoms with Crippen molar-refractivity contribution < 1.29 is 42.1 Å². The molecule has 0 aliphatic carbocycles. The third-order valence-corrected chi connectivity index (χ3v) is 13.7. The van der Waals surface area contributed by atoms with Gasteiger partial charge in [0, 0.05) is 12.8 Å². The van der Waals surface area contributed by atoms with Crippen molar-refractivity contribution in [1.82, 2.24) is 0 Å². The van der Waals surface area contributed by atoms with E-state index in [1.807, 2.05) is 21.1 Å². The first-order valence-electron chi connectivity index (χ1n) is 29.6. The number of quaternary nitrogens is 1. The molecule has 0 saturated heterocycles. The summed E-state index contributed by atoms with van der Waals surface area (Å²) in [5, 5.41) is 0. The SMILES string of the molecule is CC/C=C\C/C=C\C/C=C\C/C=C\C/C=C\C/C=C\CCCCCCCCCCCCCCCCCCC(=O)OC(COC(=O)CCCCCCCCCCCCCCC)COP(=O)([O-])OCC[N+](C)(C)C. The number of phosphoric ester groups is 1. The van der Waals surface area contributed by atoms with Crippen LogP contribution < -0.4 is 4.89 Å². The average molecular weight is 1030 g/mol. The van der Waals surface area contributed by atoms with Gasteiger partial charge in [0.2, 0.25) is 0 Å². The van der Waals surface area contributed by atoms with Crippen LogP contribution in [-0.2, 0) is 32.7 Å². The molecule has 0 spiro atoms. The minimum Gasteiger partial charge on any atom is -0.756 e. The highest BCUT2D eigenvalue weighted by Crippen LogP contribution is 2.38. The Kier molecular flexibility index (Phi) is 51.4. The van der Waals surface area contributed by atoms with Crippen LogP contribution in [0.25, 0.3) is 0 Å². The van der Waals surface area contributed by atoms with E-state index in [1.54, 1.807) is 0 Å². The number of carbonyl (C=O) groups excluding carboxylic acids is 2. The summed E-state index contributed by atoms with van der Waals surface area (Å²) >= 11 is 0. The molecule has 0 aliphatic heterocycles. The van der Waals surface area contributed by atoms with Crippen molar-refractivity contribution in [2.75, 3.05) is 47.5 Å². The van der Waals surface area contributed by atoms with Gasteiger partial charge in [-0.15, -0.1) is 0 Å².